The summed E-state index contributed by atoms with van der Waals surface area (Å²) in [6.07, 6.45) is 2.65. The van der Waals surface area contributed by atoms with E-state index in [1.807, 2.05) is 0 Å². The highest BCUT2D eigenvalue weighted by atomic mass is 15.1. The van der Waals surface area contributed by atoms with Gasteiger partial charge in [0.25, 0.3) is 0 Å². The normalized spacial score (nSPS) is 9.67. The molecule has 0 unspecified atom stereocenters. The Balaban J connectivity index is 2.51. The molecule has 0 spiro atoms. The van der Waals surface area contributed by atoms with E-state index in [0.29, 0.717) is 6.42 Å². The molecular formula is C13H18N2. The Morgan fingerprint density at radius 3 is 2.47 bits per heavy atom. The van der Waals surface area contributed by atoms with E-state index < -0.39 is 0 Å². The maximum atomic E-state index is 8.45. The van der Waals surface area contributed by atoms with Crippen molar-refractivity contribution in [1.82, 2.24) is 0 Å². The number of benzene rings is 1. The van der Waals surface area contributed by atoms with E-state index in [2.05, 4.69) is 49.2 Å². The fraction of sp³-hybridized carbons (Fsp3) is 0.462. The van der Waals surface area contributed by atoms with Crippen LogP contribution in [0.5, 0.6) is 0 Å². The molecule has 1 aromatic rings. The highest BCUT2D eigenvalue weighted by molar-refractivity contribution is 5.46. The lowest BCUT2D eigenvalue weighted by atomic mass is 10.1. The lowest BCUT2D eigenvalue weighted by Crippen LogP contribution is -2.18. The van der Waals surface area contributed by atoms with Crippen molar-refractivity contribution in [2.75, 3.05) is 18.5 Å². The molecule has 0 aliphatic carbocycles. The van der Waals surface area contributed by atoms with Crippen LogP contribution in [0.1, 0.15) is 25.3 Å². The summed E-state index contributed by atoms with van der Waals surface area (Å²) in [5.41, 5.74) is 2.59. The number of nitriles is 1. The van der Waals surface area contributed by atoms with Gasteiger partial charge in [-0.2, -0.15) is 5.26 Å². The smallest absolute Gasteiger partial charge is 0.0622 e. The first-order chi connectivity index (χ1) is 7.27. The predicted molar refractivity (Wildman–Crippen MR) is 63.9 cm³/mol. The van der Waals surface area contributed by atoms with Crippen LogP contribution in [0.3, 0.4) is 0 Å². The van der Waals surface area contributed by atoms with Crippen LogP contribution in [0.4, 0.5) is 5.69 Å². The summed E-state index contributed by atoms with van der Waals surface area (Å²) in [6.45, 7) is 3.10. The number of aryl methyl sites for hydroxylation is 1. The van der Waals surface area contributed by atoms with Gasteiger partial charge in [-0.3, -0.25) is 0 Å². The number of anilines is 1. The number of unbranched alkanes of at least 4 members (excludes halogenated alkanes) is 1. The van der Waals surface area contributed by atoms with E-state index in [1.165, 1.54) is 11.3 Å². The van der Waals surface area contributed by atoms with Crippen LogP contribution < -0.4 is 4.90 Å². The van der Waals surface area contributed by atoms with Gasteiger partial charge >= 0.3 is 0 Å². The third kappa shape index (κ3) is 3.63. The summed E-state index contributed by atoms with van der Waals surface area (Å²) in [5, 5.41) is 8.45. The van der Waals surface area contributed by atoms with Crippen molar-refractivity contribution in [1.29, 1.82) is 5.26 Å². The van der Waals surface area contributed by atoms with Crippen molar-refractivity contribution >= 4 is 5.69 Å². The molecule has 0 bridgehead atoms. The average Bonchev–Trinajstić information content (AvgIpc) is 2.29. The van der Waals surface area contributed by atoms with Crippen molar-refractivity contribution in [2.24, 2.45) is 0 Å². The molecule has 0 radical (unpaired) electrons. The Morgan fingerprint density at radius 2 is 1.93 bits per heavy atom. The van der Waals surface area contributed by atoms with Gasteiger partial charge in [0, 0.05) is 25.7 Å². The van der Waals surface area contributed by atoms with E-state index in [0.717, 1.165) is 19.4 Å². The lowest BCUT2D eigenvalue weighted by molar-refractivity contribution is 0.806. The van der Waals surface area contributed by atoms with Crippen LogP contribution in [0.15, 0.2) is 24.3 Å². The lowest BCUT2D eigenvalue weighted by Gasteiger charge is -2.18. The quantitative estimate of drug-likeness (QED) is 0.686. The highest BCUT2D eigenvalue weighted by Gasteiger charge is 1.99. The van der Waals surface area contributed by atoms with E-state index >= 15 is 0 Å². The largest absolute Gasteiger partial charge is 0.375 e. The van der Waals surface area contributed by atoms with Gasteiger partial charge in [0.2, 0.25) is 0 Å². The maximum absolute atomic E-state index is 8.45. The first-order valence-corrected chi connectivity index (χ1v) is 5.45. The fourth-order valence-corrected chi connectivity index (χ4v) is 1.51. The Bertz CT molecular complexity index is 321. The second-order valence-corrected chi connectivity index (χ2v) is 3.70. The monoisotopic (exact) mass is 202 g/mol. The first-order valence-electron chi connectivity index (χ1n) is 5.45. The van der Waals surface area contributed by atoms with Gasteiger partial charge < -0.3 is 4.90 Å². The molecule has 0 aliphatic heterocycles. The number of nitrogens with zero attached hydrogens (tertiary/aromatic N) is 2. The van der Waals surface area contributed by atoms with Gasteiger partial charge in [0.1, 0.15) is 0 Å². The molecule has 15 heavy (non-hydrogen) atoms. The molecule has 2 heteroatoms. The van der Waals surface area contributed by atoms with Crippen molar-refractivity contribution < 1.29 is 0 Å². The van der Waals surface area contributed by atoms with Gasteiger partial charge in [-0.25, -0.2) is 0 Å². The van der Waals surface area contributed by atoms with Crippen molar-refractivity contribution in [3.05, 3.63) is 29.8 Å². The molecule has 1 rings (SSSR count). The van der Waals surface area contributed by atoms with Crippen molar-refractivity contribution in [3.63, 3.8) is 0 Å². The van der Waals surface area contributed by atoms with E-state index in [-0.39, 0.29) is 0 Å². The average molecular weight is 202 g/mol. The standard InChI is InChI=1S/C13H18N2/c1-3-12-6-8-13(9-7-12)15(2)11-5-4-10-14/h6-9H,3-5,11H2,1-2H3. The van der Waals surface area contributed by atoms with Gasteiger partial charge in [-0.15, -0.1) is 0 Å². The Kier molecular flexibility index (Phi) is 4.70. The minimum Gasteiger partial charge on any atom is -0.375 e. The SMILES string of the molecule is CCc1ccc(N(C)CCCC#N)cc1. The number of hydrogen-bond acceptors (Lipinski definition) is 2. The molecular weight excluding hydrogens is 184 g/mol. The molecule has 0 amide bonds. The zero-order chi connectivity index (χ0) is 11.1. The Hall–Kier alpha value is -1.49. The second kappa shape index (κ2) is 6.08. The summed E-state index contributed by atoms with van der Waals surface area (Å²) < 4.78 is 0. The molecule has 0 fully saturated rings. The minimum atomic E-state index is 0.636. The molecule has 0 aromatic heterocycles. The van der Waals surface area contributed by atoms with Crippen LogP contribution in [-0.4, -0.2) is 13.6 Å². The molecule has 2 nitrogen and oxygen atoms in total. The summed E-state index contributed by atoms with van der Waals surface area (Å²) >= 11 is 0. The second-order valence-electron chi connectivity index (χ2n) is 3.70. The molecule has 0 N–H and O–H groups in total. The molecule has 0 atom stereocenters. The zero-order valence-electron chi connectivity index (χ0n) is 9.53. The van der Waals surface area contributed by atoms with Crippen LogP contribution in [-0.2, 0) is 6.42 Å². The van der Waals surface area contributed by atoms with E-state index in [9.17, 15) is 0 Å². The van der Waals surface area contributed by atoms with Crippen LogP contribution >= 0.6 is 0 Å². The van der Waals surface area contributed by atoms with Gasteiger partial charge in [0.15, 0.2) is 0 Å². The topological polar surface area (TPSA) is 27.0 Å². The molecule has 0 aliphatic rings. The van der Waals surface area contributed by atoms with Gasteiger partial charge in [-0.05, 0) is 30.5 Å². The summed E-state index contributed by atoms with van der Waals surface area (Å²) in [4.78, 5) is 2.19. The summed E-state index contributed by atoms with van der Waals surface area (Å²) in [6, 6.07) is 10.8. The van der Waals surface area contributed by atoms with Crippen molar-refractivity contribution in [3.8, 4) is 6.07 Å². The van der Waals surface area contributed by atoms with Gasteiger partial charge in [-0.1, -0.05) is 19.1 Å². The Morgan fingerprint density at radius 1 is 1.27 bits per heavy atom. The first kappa shape index (κ1) is 11.6. The van der Waals surface area contributed by atoms with E-state index in [4.69, 9.17) is 5.26 Å². The van der Waals surface area contributed by atoms with Crippen LogP contribution in [0, 0.1) is 11.3 Å². The third-order valence-corrected chi connectivity index (χ3v) is 2.57. The third-order valence-electron chi connectivity index (χ3n) is 2.57. The highest BCUT2D eigenvalue weighted by Crippen LogP contribution is 2.14. The minimum absolute atomic E-state index is 0.636. The summed E-state index contributed by atoms with van der Waals surface area (Å²) in [5.74, 6) is 0. The fourth-order valence-electron chi connectivity index (χ4n) is 1.51. The van der Waals surface area contributed by atoms with Crippen molar-refractivity contribution in [2.45, 2.75) is 26.2 Å². The molecule has 0 saturated carbocycles. The van der Waals surface area contributed by atoms with Crippen LogP contribution in [0.2, 0.25) is 0 Å². The van der Waals surface area contributed by atoms with E-state index in [1.54, 1.807) is 0 Å². The Labute approximate surface area is 92.1 Å². The number of rotatable bonds is 5. The molecule has 0 saturated heterocycles. The zero-order valence-corrected chi connectivity index (χ0v) is 9.53. The molecule has 80 valence electrons. The number of hydrogen-bond donors (Lipinski definition) is 0. The van der Waals surface area contributed by atoms with Crippen LogP contribution in [0.25, 0.3) is 0 Å². The maximum Gasteiger partial charge on any atom is 0.0622 e. The van der Waals surface area contributed by atoms with Gasteiger partial charge in [0.05, 0.1) is 6.07 Å². The summed E-state index contributed by atoms with van der Waals surface area (Å²) in [7, 11) is 2.07. The predicted octanol–water partition coefficient (Wildman–Crippen LogP) is 2.99. The molecule has 0 heterocycles. The molecule has 1 aromatic carbocycles.